The van der Waals surface area contributed by atoms with Crippen LogP contribution in [0.4, 0.5) is 0 Å². The second-order valence-corrected chi connectivity index (χ2v) is 22.6. The summed E-state index contributed by atoms with van der Waals surface area (Å²) in [6, 6.07) is -1.05. The van der Waals surface area contributed by atoms with Gasteiger partial charge in [-0.1, -0.05) is 284 Å². The smallest absolute Gasteiger partial charge is 0.306 e. The molecule has 1 aliphatic rings. The Morgan fingerprint density at radius 1 is 0.494 bits per heavy atom. The van der Waals surface area contributed by atoms with Crippen LogP contribution in [0.2, 0.25) is 0 Å². The summed E-state index contributed by atoms with van der Waals surface area (Å²) in [5.41, 5.74) is 0. The summed E-state index contributed by atoms with van der Waals surface area (Å²) < 4.78 is 17.6. The average molecular weight is 1160 g/mol. The fourth-order valence-electron chi connectivity index (χ4n) is 9.71. The van der Waals surface area contributed by atoms with E-state index in [1.54, 1.807) is 6.08 Å². The number of hydrogen-bond donors (Lipinski definition) is 6. The number of ether oxygens (including phenoxy) is 3. The van der Waals surface area contributed by atoms with Gasteiger partial charge in [-0.05, 0) is 89.9 Å². The molecule has 11 heteroatoms. The minimum absolute atomic E-state index is 0.107. The van der Waals surface area contributed by atoms with Gasteiger partial charge in [0.15, 0.2) is 12.4 Å². The first-order valence-electron chi connectivity index (χ1n) is 33.4. The second kappa shape index (κ2) is 58.4. The summed E-state index contributed by atoms with van der Waals surface area (Å²) >= 11 is 0. The molecule has 8 unspecified atom stereocenters. The summed E-state index contributed by atoms with van der Waals surface area (Å²) in [6.45, 7) is 5.59. The predicted octanol–water partition coefficient (Wildman–Crippen LogP) is 16.6. The monoisotopic (exact) mass is 1160 g/mol. The van der Waals surface area contributed by atoms with E-state index in [0.717, 1.165) is 96.3 Å². The first-order chi connectivity index (χ1) is 40.7. The van der Waals surface area contributed by atoms with Crippen molar-refractivity contribution in [2.75, 3.05) is 13.2 Å². The van der Waals surface area contributed by atoms with Gasteiger partial charge < -0.3 is 45.1 Å². The number of esters is 1. The molecule has 1 rings (SSSR count). The molecule has 1 heterocycles. The van der Waals surface area contributed by atoms with Crippen LogP contribution >= 0.6 is 0 Å². The van der Waals surface area contributed by atoms with Gasteiger partial charge in [-0.15, -0.1) is 0 Å². The lowest BCUT2D eigenvalue weighted by Gasteiger charge is -2.41. The highest BCUT2D eigenvalue weighted by molar-refractivity contribution is 5.80. The number of aliphatic hydroxyl groups is 5. The number of unbranched alkanes of at least 4 members (excludes halogenated alkanes) is 27. The Balaban J connectivity index is 2.61. The van der Waals surface area contributed by atoms with Crippen LogP contribution in [0.5, 0.6) is 0 Å². The van der Waals surface area contributed by atoms with Crippen LogP contribution in [0.1, 0.15) is 258 Å². The standard InChI is InChI=1S/C72H121NO10/c1-4-7-10-13-16-19-22-25-27-28-29-30-31-32-33-34-35-36-37-38-39-42-45-48-51-54-57-60-67(77)83-70-69(79)68(78)66(61-74)82-72(70)81-62-63(64(75)58-55-52-49-46-43-40-24-21-18-15-12-9-6-3)73-71(80)65(76)59-56-53-50-47-44-41-26-23-20-17-14-11-8-5-2/h8,11,14,16-17,19-20,23,25-27,29-30,32-33,41,44,47,55,58,63-66,68-70,72,74-76,78-79H,4-7,9-10,12-13,15,18,21-22,24,28,31,34-40,42-43,45-46,48-54,56-57,59-62H2,1-3H3,(H,73,80)/b11-8+,17-14+,19-16-,23-20-,27-25-,30-29-,33-32-,41-26-,47-44+,58-55+. The van der Waals surface area contributed by atoms with Gasteiger partial charge >= 0.3 is 5.97 Å². The SMILES string of the molecule is CC/C=C/C=C/C=C\C=C/C=C/CCCCC(O)C(=O)NC(COC1OC(CO)C(O)C(O)C1OC(=O)CCCCCCCCCCCCC/C=C\C/C=C\C/C=C\C/C=C\CCCCC)C(O)/C=C/CCCCCCCCCCCCC. The van der Waals surface area contributed by atoms with Gasteiger partial charge in [0.1, 0.15) is 24.4 Å². The molecule has 0 spiro atoms. The maximum atomic E-state index is 13.4. The molecule has 0 aromatic heterocycles. The van der Waals surface area contributed by atoms with E-state index in [4.69, 9.17) is 14.2 Å². The number of carbonyl (C=O) groups is 2. The van der Waals surface area contributed by atoms with Gasteiger partial charge in [0.05, 0.1) is 25.4 Å². The maximum Gasteiger partial charge on any atom is 0.306 e. The van der Waals surface area contributed by atoms with E-state index in [1.165, 1.54) is 116 Å². The zero-order chi connectivity index (χ0) is 60.3. The Bertz CT molecular complexity index is 1810. The van der Waals surface area contributed by atoms with Gasteiger partial charge in [-0.2, -0.15) is 0 Å². The van der Waals surface area contributed by atoms with E-state index in [9.17, 15) is 35.1 Å². The second-order valence-electron chi connectivity index (χ2n) is 22.6. The first-order valence-corrected chi connectivity index (χ1v) is 33.4. The summed E-state index contributed by atoms with van der Waals surface area (Å²) in [4.78, 5) is 26.6. The number of hydrogen-bond acceptors (Lipinski definition) is 10. The van der Waals surface area contributed by atoms with Gasteiger partial charge in [0.25, 0.3) is 0 Å². The van der Waals surface area contributed by atoms with Crippen LogP contribution in [-0.4, -0.2) is 99.6 Å². The molecule has 0 aromatic carbocycles. The fourth-order valence-corrected chi connectivity index (χ4v) is 9.71. The van der Waals surface area contributed by atoms with Crippen molar-refractivity contribution in [1.29, 1.82) is 0 Å². The maximum absolute atomic E-state index is 13.4. The van der Waals surface area contributed by atoms with Crippen LogP contribution in [-0.2, 0) is 23.8 Å². The van der Waals surface area contributed by atoms with Crippen molar-refractivity contribution in [2.45, 2.75) is 307 Å². The van der Waals surface area contributed by atoms with Crippen LogP contribution < -0.4 is 5.32 Å². The number of rotatable bonds is 55. The van der Waals surface area contributed by atoms with Gasteiger partial charge in [0, 0.05) is 6.42 Å². The fraction of sp³-hybridized carbons (Fsp3) is 0.694. The predicted molar refractivity (Wildman–Crippen MR) is 347 cm³/mol. The number of allylic oxidation sites excluding steroid dienone is 19. The third-order valence-electron chi connectivity index (χ3n) is 15.0. The number of aliphatic hydroxyl groups excluding tert-OH is 5. The molecule has 0 aromatic rings. The van der Waals surface area contributed by atoms with Gasteiger partial charge in [-0.3, -0.25) is 9.59 Å². The molecule has 11 nitrogen and oxygen atoms in total. The highest BCUT2D eigenvalue weighted by Crippen LogP contribution is 2.26. The summed E-state index contributed by atoms with van der Waals surface area (Å²) in [5.74, 6) is -1.25. The third-order valence-corrected chi connectivity index (χ3v) is 15.0. The Hall–Kier alpha value is -3.94. The van der Waals surface area contributed by atoms with Crippen molar-refractivity contribution < 1.29 is 49.3 Å². The van der Waals surface area contributed by atoms with Crippen molar-refractivity contribution in [3.63, 3.8) is 0 Å². The molecule has 0 bridgehead atoms. The quantitative estimate of drug-likeness (QED) is 0.0149. The molecule has 474 valence electrons. The molecular weight excluding hydrogens is 1040 g/mol. The van der Waals surface area contributed by atoms with E-state index in [1.807, 2.05) is 60.8 Å². The lowest BCUT2D eigenvalue weighted by atomic mass is 9.99. The van der Waals surface area contributed by atoms with Gasteiger partial charge in [-0.25, -0.2) is 0 Å². The minimum atomic E-state index is -1.63. The number of nitrogens with one attached hydrogen (secondary N) is 1. The van der Waals surface area contributed by atoms with Crippen LogP contribution in [0.15, 0.2) is 122 Å². The summed E-state index contributed by atoms with van der Waals surface area (Å²) in [7, 11) is 0. The molecule has 6 N–H and O–H groups in total. The molecule has 83 heavy (non-hydrogen) atoms. The lowest BCUT2D eigenvalue weighted by molar-refractivity contribution is -0.305. The number of carbonyl (C=O) groups excluding carboxylic acids is 2. The van der Waals surface area contributed by atoms with Crippen molar-refractivity contribution in [2.24, 2.45) is 0 Å². The van der Waals surface area contributed by atoms with Crippen molar-refractivity contribution in [3.05, 3.63) is 122 Å². The van der Waals surface area contributed by atoms with Crippen LogP contribution in [0.3, 0.4) is 0 Å². The normalized spacial score (nSPS) is 19.3. The van der Waals surface area contributed by atoms with Crippen molar-refractivity contribution in [3.8, 4) is 0 Å². The Morgan fingerprint density at radius 3 is 1.43 bits per heavy atom. The van der Waals surface area contributed by atoms with Crippen molar-refractivity contribution in [1.82, 2.24) is 5.32 Å². The topological polar surface area (TPSA) is 175 Å². The molecule has 1 fully saturated rings. The molecule has 0 saturated carbocycles. The largest absolute Gasteiger partial charge is 0.454 e. The molecule has 1 aliphatic heterocycles. The van der Waals surface area contributed by atoms with E-state index < -0.39 is 67.4 Å². The zero-order valence-corrected chi connectivity index (χ0v) is 52.5. The zero-order valence-electron chi connectivity index (χ0n) is 52.5. The lowest BCUT2D eigenvalue weighted by Crippen LogP contribution is -2.61. The Labute approximate surface area is 506 Å². The summed E-state index contributed by atoms with van der Waals surface area (Å²) in [6.07, 6.45) is 71.0. The van der Waals surface area contributed by atoms with Gasteiger partial charge in [0.2, 0.25) is 5.91 Å². The molecule has 0 aliphatic carbocycles. The Morgan fingerprint density at radius 2 is 0.916 bits per heavy atom. The van der Waals surface area contributed by atoms with Crippen LogP contribution in [0, 0.1) is 0 Å². The number of amides is 1. The highest BCUT2D eigenvalue weighted by Gasteiger charge is 2.47. The molecule has 0 radical (unpaired) electrons. The molecule has 1 saturated heterocycles. The minimum Gasteiger partial charge on any atom is -0.454 e. The molecule has 8 atom stereocenters. The Kier molecular flexibility index (Phi) is 54.3. The first kappa shape index (κ1) is 77.1. The highest BCUT2D eigenvalue weighted by atomic mass is 16.7. The summed E-state index contributed by atoms with van der Waals surface area (Å²) in [5, 5.41) is 57.0. The molecular formula is C72H121NO10. The van der Waals surface area contributed by atoms with E-state index in [0.29, 0.717) is 12.8 Å². The third kappa shape index (κ3) is 46.0. The van der Waals surface area contributed by atoms with E-state index in [-0.39, 0.29) is 19.4 Å². The van der Waals surface area contributed by atoms with Crippen LogP contribution in [0.25, 0.3) is 0 Å². The molecule has 1 amide bonds. The van der Waals surface area contributed by atoms with Crippen molar-refractivity contribution >= 4 is 11.9 Å². The average Bonchev–Trinajstić information content (AvgIpc) is 3.51. The van der Waals surface area contributed by atoms with E-state index >= 15 is 0 Å². The van der Waals surface area contributed by atoms with E-state index in [2.05, 4.69) is 80.8 Å².